The van der Waals surface area contributed by atoms with Gasteiger partial charge in [0.1, 0.15) is 6.10 Å². The lowest BCUT2D eigenvalue weighted by Gasteiger charge is -2.40. The van der Waals surface area contributed by atoms with Gasteiger partial charge >= 0.3 is 71.6 Å². The van der Waals surface area contributed by atoms with E-state index in [1.165, 1.54) is 30.3 Å². The van der Waals surface area contributed by atoms with Gasteiger partial charge in [-0.05, 0) is 37.5 Å². The number of benzene rings is 1. The van der Waals surface area contributed by atoms with E-state index >= 15 is 0 Å². The molecule has 334 valence electrons. The summed E-state index contributed by atoms with van der Waals surface area (Å²) in [6.45, 7) is -2.03. The van der Waals surface area contributed by atoms with Crippen molar-refractivity contribution in [3.05, 3.63) is 35.9 Å². The zero-order valence-corrected chi connectivity index (χ0v) is 28.3. The summed E-state index contributed by atoms with van der Waals surface area (Å²) in [4.78, 5) is 0.0500. The van der Waals surface area contributed by atoms with Crippen molar-refractivity contribution in [1.82, 2.24) is 4.90 Å². The monoisotopic (exact) mass is 915 g/mol. The normalized spacial score (nSPS) is 15.8. The van der Waals surface area contributed by atoms with Gasteiger partial charge in [-0.2, -0.15) is 114 Å². The molecule has 1 unspecified atom stereocenters. The second-order valence-corrected chi connectivity index (χ2v) is 12.4. The molecule has 1 atom stereocenters. The fourth-order valence-corrected chi connectivity index (χ4v) is 4.78. The van der Waals surface area contributed by atoms with Crippen molar-refractivity contribution in [2.45, 2.75) is 117 Å². The highest BCUT2D eigenvalue weighted by Gasteiger charge is 2.92. The van der Waals surface area contributed by atoms with Crippen LogP contribution >= 0.6 is 12.2 Å². The first-order valence-electron chi connectivity index (χ1n) is 14.9. The Hall–Kier alpha value is -2.91. The van der Waals surface area contributed by atoms with Crippen LogP contribution in [0.2, 0.25) is 0 Å². The zero-order valence-electron chi connectivity index (χ0n) is 27.5. The first-order valence-corrected chi connectivity index (χ1v) is 15.3. The molecule has 57 heavy (non-hydrogen) atoms. The van der Waals surface area contributed by atoms with E-state index in [1.807, 2.05) is 0 Å². The SMILES string of the molecule is CC(Cc1ccccc1)OC(=S)N(CCCC(F)(F)C(F)(F)C(F)(F)C(F)(F)C(F)(F)C(F)(F)F)CCCC(F)(F)C(F)(F)C(F)(F)C(F)(F)C(F)(F)C(F)(F)F. The van der Waals surface area contributed by atoms with Crippen LogP contribution in [0.5, 0.6) is 0 Å². The van der Waals surface area contributed by atoms with E-state index in [1.54, 1.807) is 0 Å². The summed E-state index contributed by atoms with van der Waals surface area (Å²) in [6, 6.07) is 7.26. The second-order valence-electron chi connectivity index (χ2n) is 12.1. The number of halogens is 26. The highest BCUT2D eigenvalue weighted by molar-refractivity contribution is 7.80. The van der Waals surface area contributed by atoms with Gasteiger partial charge in [-0.25, -0.2) is 0 Å². The summed E-state index contributed by atoms with van der Waals surface area (Å²) >= 11 is 4.71. The van der Waals surface area contributed by atoms with E-state index in [0.29, 0.717) is 5.56 Å². The van der Waals surface area contributed by atoms with Crippen LogP contribution in [0, 0.1) is 0 Å². The van der Waals surface area contributed by atoms with Gasteiger partial charge in [-0.3, -0.25) is 0 Å². The molecule has 29 heteroatoms. The average molecular weight is 916 g/mol. The van der Waals surface area contributed by atoms with E-state index in [-0.39, 0.29) is 11.3 Å². The molecular weight excluding hydrogens is 892 g/mol. The Morgan fingerprint density at radius 1 is 0.491 bits per heavy atom. The number of hydrogen-bond donors (Lipinski definition) is 0. The van der Waals surface area contributed by atoms with Gasteiger partial charge in [-0.15, -0.1) is 0 Å². The maximum Gasteiger partial charge on any atom is 0.460 e. The van der Waals surface area contributed by atoms with Gasteiger partial charge in [0.05, 0.1) is 0 Å². The predicted molar refractivity (Wildman–Crippen MR) is 145 cm³/mol. The van der Waals surface area contributed by atoms with Gasteiger partial charge in [0.2, 0.25) is 0 Å². The quantitative estimate of drug-likeness (QED) is 0.101. The van der Waals surface area contributed by atoms with Crippen LogP contribution in [0.25, 0.3) is 0 Å². The molecule has 0 fully saturated rings. The molecular formula is C28H23F26NOS. The van der Waals surface area contributed by atoms with Crippen LogP contribution in [0.1, 0.15) is 38.2 Å². The van der Waals surface area contributed by atoms with Gasteiger partial charge in [0.25, 0.3) is 5.17 Å². The molecule has 0 aliphatic carbocycles. The average Bonchev–Trinajstić information content (AvgIpc) is 3.02. The highest BCUT2D eigenvalue weighted by Crippen LogP contribution is 2.62. The Kier molecular flexibility index (Phi) is 14.9. The Morgan fingerprint density at radius 2 is 0.789 bits per heavy atom. The molecule has 0 saturated heterocycles. The van der Waals surface area contributed by atoms with E-state index in [4.69, 9.17) is 17.0 Å². The molecule has 0 N–H and O–H groups in total. The Bertz CT molecular complexity index is 1410. The van der Waals surface area contributed by atoms with Crippen molar-refractivity contribution in [2.24, 2.45) is 0 Å². The molecule has 0 radical (unpaired) electrons. The third-order valence-electron chi connectivity index (χ3n) is 7.76. The lowest BCUT2D eigenvalue weighted by molar-refractivity contribution is -0.440. The number of thiocarbonyl (C=S) groups is 1. The van der Waals surface area contributed by atoms with Crippen LogP contribution in [0.15, 0.2) is 30.3 Å². The molecule has 1 aromatic carbocycles. The lowest BCUT2D eigenvalue weighted by Crippen LogP contribution is -2.70. The second kappa shape index (κ2) is 16.3. The largest absolute Gasteiger partial charge is 0.468 e. The maximum absolute atomic E-state index is 14.3. The number of nitrogens with zero attached hydrogens (tertiary/aromatic N) is 1. The number of alkyl halides is 26. The van der Waals surface area contributed by atoms with Crippen molar-refractivity contribution in [1.29, 1.82) is 0 Å². The van der Waals surface area contributed by atoms with Crippen molar-refractivity contribution in [3.63, 3.8) is 0 Å². The lowest BCUT2D eigenvalue weighted by atomic mass is 9.91. The van der Waals surface area contributed by atoms with Gasteiger partial charge < -0.3 is 9.64 Å². The molecule has 0 aliphatic rings. The summed E-state index contributed by atoms with van der Waals surface area (Å²) in [5.74, 6) is -77.9. The topological polar surface area (TPSA) is 12.5 Å². The Morgan fingerprint density at radius 3 is 1.09 bits per heavy atom. The summed E-state index contributed by atoms with van der Waals surface area (Å²) < 4.78 is 355. The molecule has 1 rings (SSSR count). The van der Waals surface area contributed by atoms with E-state index in [0.717, 1.165) is 6.92 Å². The third-order valence-corrected chi connectivity index (χ3v) is 8.12. The predicted octanol–water partition coefficient (Wildman–Crippen LogP) is 12.3. The first-order chi connectivity index (χ1) is 25.0. The third kappa shape index (κ3) is 9.45. The summed E-state index contributed by atoms with van der Waals surface area (Å²) in [5.41, 5.74) is 0.408. The number of rotatable bonds is 19. The summed E-state index contributed by atoms with van der Waals surface area (Å²) in [7, 11) is 0. The minimum absolute atomic E-state index is 0.0500. The van der Waals surface area contributed by atoms with E-state index in [2.05, 4.69) is 0 Å². The van der Waals surface area contributed by atoms with Crippen molar-refractivity contribution in [2.75, 3.05) is 13.1 Å². The van der Waals surface area contributed by atoms with Gasteiger partial charge in [-0.1, -0.05) is 30.3 Å². The standard InChI is InChI=1S/C28H23F26NOS/c1-14(13-15-7-3-2-4-8-15)56-16(57)55(11-5-9-17(29,30)19(33,34)21(37,38)23(41,42)25(45,46)27(49,50)51)12-6-10-18(31,32)20(35,36)22(39,40)24(43,44)26(47,48)28(52,53)54/h2-4,7-8,14H,5-6,9-13H2,1H3. The molecule has 0 aliphatic heterocycles. The van der Waals surface area contributed by atoms with Crippen molar-refractivity contribution in [3.8, 4) is 0 Å². The van der Waals surface area contributed by atoms with Crippen molar-refractivity contribution < 1.29 is 119 Å². The van der Waals surface area contributed by atoms with E-state index < -0.39 is 122 Å². The first kappa shape index (κ1) is 52.1. The molecule has 0 bridgehead atoms. The summed E-state index contributed by atoms with van der Waals surface area (Å²) in [6.07, 6.45) is -26.4. The zero-order chi connectivity index (χ0) is 45.5. The number of ether oxygens (including phenoxy) is 1. The molecule has 2 nitrogen and oxygen atoms in total. The molecule has 0 heterocycles. The highest BCUT2D eigenvalue weighted by atomic mass is 32.1. The van der Waals surface area contributed by atoms with Crippen molar-refractivity contribution >= 4 is 17.4 Å². The van der Waals surface area contributed by atoms with Gasteiger partial charge in [0, 0.05) is 32.4 Å². The molecule has 1 aromatic rings. The van der Waals surface area contributed by atoms with Crippen LogP contribution in [-0.2, 0) is 11.2 Å². The Balaban J connectivity index is 3.41. The fraction of sp³-hybridized carbons (Fsp3) is 0.750. The molecule has 0 aromatic heterocycles. The van der Waals surface area contributed by atoms with Gasteiger partial charge in [0.15, 0.2) is 0 Å². The van der Waals surface area contributed by atoms with Crippen LogP contribution in [-0.4, -0.2) is 101 Å². The fourth-order valence-electron chi connectivity index (χ4n) is 4.43. The summed E-state index contributed by atoms with van der Waals surface area (Å²) in [5, 5.41) is -1.19. The molecule has 0 spiro atoms. The Labute approximate surface area is 307 Å². The minimum atomic E-state index is -8.27. The van der Waals surface area contributed by atoms with Crippen LogP contribution in [0.3, 0.4) is 0 Å². The molecule has 0 saturated carbocycles. The maximum atomic E-state index is 14.3. The minimum Gasteiger partial charge on any atom is -0.468 e. The molecule has 0 amide bonds. The van der Waals surface area contributed by atoms with E-state index in [9.17, 15) is 114 Å². The van der Waals surface area contributed by atoms with Crippen LogP contribution < -0.4 is 0 Å². The number of hydrogen-bond acceptors (Lipinski definition) is 2. The smallest absolute Gasteiger partial charge is 0.460 e. The van der Waals surface area contributed by atoms with Crippen LogP contribution in [0.4, 0.5) is 114 Å².